The number of nitrogens with one attached hydrogen (secondary N) is 1. The van der Waals surface area contributed by atoms with E-state index in [9.17, 15) is 13.6 Å². The van der Waals surface area contributed by atoms with E-state index in [0.717, 1.165) is 28.7 Å². The van der Waals surface area contributed by atoms with Crippen LogP contribution in [0.15, 0.2) is 77.5 Å². The number of imidazole rings is 1. The van der Waals surface area contributed by atoms with E-state index >= 15 is 0 Å². The summed E-state index contributed by atoms with van der Waals surface area (Å²) in [5.41, 5.74) is 3.22. The Morgan fingerprint density at radius 2 is 1.86 bits per heavy atom. The molecule has 0 atom stereocenters. The van der Waals surface area contributed by atoms with Crippen molar-refractivity contribution in [2.75, 3.05) is 0 Å². The standard InChI is InChI=1S/C26H19ClF2N4O2/c27-18-8-5-16(6-9-18)25-23(11-12-24(34)30-14-17-7-10-19(28)13-20(17)29)35-26(32-25)33-15-31-21-3-1-2-4-22(21)33/h1-10,13,15H,11-12,14H2,(H,30,34). The summed E-state index contributed by atoms with van der Waals surface area (Å²) in [5.74, 6) is -1.16. The average Bonchev–Trinajstić information content (AvgIpc) is 3.47. The Morgan fingerprint density at radius 3 is 2.66 bits per heavy atom. The van der Waals surface area contributed by atoms with E-state index in [4.69, 9.17) is 21.0 Å². The van der Waals surface area contributed by atoms with E-state index in [2.05, 4.69) is 10.3 Å². The normalized spacial score (nSPS) is 11.2. The Kier molecular flexibility index (Phi) is 6.29. The molecule has 0 bridgehead atoms. The van der Waals surface area contributed by atoms with Crippen molar-refractivity contribution in [1.29, 1.82) is 0 Å². The van der Waals surface area contributed by atoms with Crippen LogP contribution in [0.5, 0.6) is 0 Å². The third-order valence-corrected chi connectivity index (χ3v) is 5.79. The maximum Gasteiger partial charge on any atom is 0.308 e. The molecule has 1 amide bonds. The van der Waals surface area contributed by atoms with Crippen LogP contribution in [-0.2, 0) is 17.8 Å². The van der Waals surface area contributed by atoms with E-state index in [0.29, 0.717) is 22.5 Å². The topological polar surface area (TPSA) is 73.0 Å². The smallest absolute Gasteiger partial charge is 0.308 e. The minimum atomic E-state index is -0.706. The molecule has 0 aliphatic carbocycles. The molecule has 2 heterocycles. The van der Waals surface area contributed by atoms with Crippen LogP contribution >= 0.6 is 11.6 Å². The van der Waals surface area contributed by atoms with Crippen LogP contribution in [0.1, 0.15) is 17.7 Å². The van der Waals surface area contributed by atoms with Gasteiger partial charge < -0.3 is 9.73 Å². The SMILES string of the molecule is O=C(CCc1oc(-n2cnc3ccccc32)nc1-c1ccc(Cl)cc1)NCc1ccc(F)cc1F. The minimum absolute atomic E-state index is 0.0440. The van der Waals surface area contributed by atoms with E-state index in [-0.39, 0.29) is 30.9 Å². The molecule has 0 aliphatic heterocycles. The summed E-state index contributed by atoms with van der Waals surface area (Å²) in [4.78, 5) is 21.5. The second-order valence-corrected chi connectivity index (χ2v) is 8.33. The monoisotopic (exact) mass is 492 g/mol. The molecule has 35 heavy (non-hydrogen) atoms. The van der Waals surface area contributed by atoms with Crippen LogP contribution in [0.2, 0.25) is 5.02 Å². The molecular weight excluding hydrogens is 474 g/mol. The molecule has 176 valence electrons. The van der Waals surface area contributed by atoms with Crippen LogP contribution in [0.3, 0.4) is 0 Å². The van der Waals surface area contributed by atoms with Crippen molar-refractivity contribution in [2.24, 2.45) is 0 Å². The summed E-state index contributed by atoms with van der Waals surface area (Å²) < 4.78 is 34.8. The van der Waals surface area contributed by atoms with Gasteiger partial charge >= 0.3 is 6.01 Å². The fraction of sp³-hybridized carbons (Fsp3) is 0.115. The second kappa shape index (κ2) is 9.68. The van der Waals surface area contributed by atoms with Gasteiger partial charge in [0.2, 0.25) is 5.91 Å². The number of aryl methyl sites for hydroxylation is 1. The first-order valence-electron chi connectivity index (χ1n) is 10.9. The van der Waals surface area contributed by atoms with Crippen LogP contribution in [0.25, 0.3) is 28.3 Å². The third kappa shape index (κ3) is 4.93. The first-order chi connectivity index (χ1) is 17.0. The molecule has 5 rings (SSSR count). The number of hydrogen-bond donors (Lipinski definition) is 1. The van der Waals surface area contributed by atoms with Gasteiger partial charge in [0.25, 0.3) is 0 Å². The number of oxazole rings is 1. The quantitative estimate of drug-likeness (QED) is 0.309. The van der Waals surface area contributed by atoms with Crippen molar-refractivity contribution in [3.05, 3.63) is 101 Å². The molecule has 5 aromatic rings. The zero-order valence-electron chi connectivity index (χ0n) is 18.3. The number of fused-ring (bicyclic) bond motifs is 1. The van der Waals surface area contributed by atoms with Gasteiger partial charge in [0.1, 0.15) is 29.4 Å². The lowest BCUT2D eigenvalue weighted by Crippen LogP contribution is -2.23. The van der Waals surface area contributed by atoms with Crippen molar-refractivity contribution in [2.45, 2.75) is 19.4 Å². The van der Waals surface area contributed by atoms with Crippen molar-refractivity contribution >= 4 is 28.5 Å². The molecule has 6 nitrogen and oxygen atoms in total. The number of aromatic nitrogens is 3. The average molecular weight is 493 g/mol. The lowest BCUT2D eigenvalue weighted by Gasteiger charge is -2.06. The van der Waals surface area contributed by atoms with Crippen LogP contribution in [0, 0.1) is 11.6 Å². The van der Waals surface area contributed by atoms with Crippen LogP contribution in [-0.4, -0.2) is 20.4 Å². The van der Waals surface area contributed by atoms with E-state index in [1.54, 1.807) is 23.0 Å². The lowest BCUT2D eigenvalue weighted by atomic mass is 10.1. The van der Waals surface area contributed by atoms with E-state index in [1.165, 1.54) is 6.07 Å². The van der Waals surface area contributed by atoms with Gasteiger partial charge in [0.15, 0.2) is 0 Å². The molecule has 0 unspecified atom stereocenters. The fourth-order valence-electron chi connectivity index (χ4n) is 3.73. The van der Waals surface area contributed by atoms with Gasteiger partial charge in [-0.1, -0.05) is 41.9 Å². The predicted octanol–water partition coefficient (Wildman–Crippen LogP) is 5.86. The minimum Gasteiger partial charge on any atom is -0.427 e. The molecule has 0 radical (unpaired) electrons. The summed E-state index contributed by atoms with van der Waals surface area (Å²) in [7, 11) is 0. The van der Waals surface area contributed by atoms with Gasteiger partial charge in [-0.3, -0.25) is 9.36 Å². The molecular formula is C26H19ClF2N4O2. The summed E-state index contributed by atoms with van der Waals surface area (Å²) in [6, 6.07) is 18.4. The van der Waals surface area contributed by atoms with Crippen LogP contribution < -0.4 is 5.32 Å². The highest BCUT2D eigenvalue weighted by Gasteiger charge is 2.19. The number of nitrogens with zero attached hydrogens (tertiary/aromatic N) is 3. The van der Waals surface area contributed by atoms with Crippen molar-refractivity contribution in [1.82, 2.24) is 19.9 Å². The molecule has 2 aromatic heterocycles. The summed E-state index contributed by atoms with van der Waals surface area (Å²) in [6.45, 7) is -0.0440. The second-order valence-electron chi connectivity index (χ2n) is 7.89. The maximum atomic E-state index is 13.8. The molecule has 0 aliphatic rings. The number of rotatable bonds is 7. The van der Waals surface area contributed by atoms with Crippen LogP contribution in [0.4, 0.5) is 8.78 Å². The number of carbonyl (C=O) groups excluding carboxylic acids is 1. The maximum absolute atomic E-state index is 13.8. The number of para-hydroxylation sites is 2. The highest BCUT2D eigenvalue weighted by atomic mass is 35.5. The molecule has 0 saturated carbocycles. The number of halogens is 3. The van der Waals surface area contributed by atoms with Gasteiger partial charge in [-0.25, -0.2) is 13.8 Å². The first-order valence-corrected chi connectivity index (χ1v) is 11.2. The van der Waals surface area contributed by atoms with Crippen molar-refractivity contribution in [3.8, 4) is 17.3 Å². The summed E-state index contributed by atoms with van der Waals surface area (Å²) >= 11 is 6.04. The summed E-state index contributed by atoms with van der Waals surface area (Å²) in [5, 5.41) is 3.25. The first kappa shape index (κ1) is 22.7. The Labute approximate surface area is 204 Å². The number of hydrogen-bond acceptors (Lipinski definition) is 4. The van der Waals surface area contributed by atoms with Gasteiger partial charge in [-0.05, 0) is 30.3 Å². The highest BCUT2D eigenvalue weighted by molar-refractivity contribution is 6.30. The predicted molar refractivity (Wildman–Crippen MR) is 128 cm³/mol. The van der Waals surface area contributed by atoms with E-state index in [1.807, 2.05) is 36.4 Å². The van der Waals surface area contributed by atoms with Gasteiger partial charge in [-0.15, -0.1) is 0 Å². The highest BCUT2D eigenvalue weighted by Crippen LogP contribution is 2.29. The lowest BCUT2D eigenvalue weighted by molar-refractivity contribution is -0.121. The zero-order valence-corrected chi connectivity index (χ0v) is 19.1. The molecule has 9 heteroatoms. The Morgan fingerprint density at radius 1 is 1.06 bits per heavy atom. The van der Waals surface area contributed by atoms with Gasteiger partial charge in [0, 0.05) is 41.6 Å². The fourth-order valence-corrected chi connectivity index (χ4v) is 3.86. The molecule has 1 N–H and O–H groups in total. The zero-order chi connectivity index (χ0) is 24.4. The number of benzene rings is 3. The molecule has 0 saturated heterocycles. The third-order valence-electron chi connectivity index (χ3n) is 5.53. The summed E-state index contributed by atoms with van der Waals surface area (Å²) in [6.07, 6.45) is 1.98. The van der Waals surface area contributed by atoms with Crippen molar-refractivity contribution in [3.63, 3.8) is 0 Å². The van der Waals surface area contributed by atoms with Crippen molar-refractivity contribution < 1.29 is 18.0 Å². The Balaban J connectivity index is 1.38. The van der Waals surface area contributed by atoms with Gasteiger partial charge in [-0.2, -0.15) is 4.98 Å². The largest absolute Gasteiger partial charge is 0.427 e. The van der Waals surface area contributed by atoms with Gasteiger partial charge in [0.05, 0.1) is 11.0 Å². The molecule has 3 aromatic carbocycles. The Bertz CT molecular complexity index is 1510. The Hall–Kier alpha value is -4.04. The number of amides is 1. The number of carbonyl (C=O) groups is 1. The molecule has 0 fully saturated rings. The van der Waals surface area contributed by atoms with E-state index < -0.39 is 11.6 Å². The molecule has 0 spiro atoms.